The van der Waals surface area contributed by atoms with E-state index in [2.05, 4.69) is 21.2 Å². The second kappa shape index (κ2) is 5.92. The summed E-state index contributed by atoms with van der Waals surface area (Å²) in [4.78, 5) is 23.4. The number of methoxy groups -OCH3 is 1. The van der Waals surface area contributed by atoms with E-state index in [4.69, 9.17) is 4.74 Å². The fourth-order valence-electron chi connectivity index (χ4n) is 1.68. The number of carbonyl (C=O) groups excluding carboxylic acids is 1. The van der Waals surface area contributed by atoms with E-state index >= 15 is 0 Å². The molecule has 20 heavy (non-hydrogen) atoms. The molecule has 104 valence electrons. The molecule has 0 unspecified atom stereocenters. The smallest absolute Gasteiger partial charge is 0.255 e. The number of benzene rings is 1. The molecule has 0 aliphatic rings. The van der Waals surface area contributed by atoms with E-state index in [0.29, 0.717) is 21.5 Å². The molecule has 1 aromatic heterocycles. The van der Waals surface area contributed by atoms with Crippen LogP contribution in [0.25, 0.3) is 0 Å². The molecule has 6 heteroatoms. The summed E-state index contributed by atoms with van der Waals surface area (Å²) in [5, 5.41) is 2.73. The van der Waals surface area contributed by atoms with Crippen molar-refractivity contribution in [2.75, 3.05) is 12.4 Å². The Balaban J connectivity index is 2.21. The molecule has 0 aliphatic carbocycles. The number of amides is 1. The lowest BCUT2D eigenvalue weighted by atomic mass is 10.2. The zero-order valence-corrected chi connectivity index (χ0v) is 12.6. The molecule has 0 bridgehead atoms. The molecule has 2 rings (SSSR count). The molecular formula is C14H13BrN2O3. The fraction of sp³-hybridized carbons (Fsp3) is 0.143. The van der Waals surface area contributed by atoms with Gasteiger partial charge in [-0.15, -0.1) is 0 Å². The Labute approximate surface area is 124 Å². The van der Waals surface area contributed by atoms with Gasteiger partial charge in [-0.25, -0.2) is 0 Å². The summed E-state index contributed by atoms with van der Waals surface area (Å²) in [7, 11) is 3.19. The van der Waals surface area contributed by atoms with Crippen LogP contribution < -0.4 is 15.6 Å². The predicted molar refractivity (Wildman–Crippen MR) is 80.3 cm³/mol. The maximum absolute atomic E-state index is 12.1. The van der Waals surface area contributed by atoms with Crippen LogP contribution in [0.1, 0.15) is 10.4 Å². The van der Waals surface area contributed by atoms with Crippen molar-refractivity contribution in [1.82, 2.24) is 4.57 Å². The number of hydrogen-bond acceptors (Lipinski definition) is 3. The normalized spacial score (nSPS) is 10.2. The predicted octanol–water partition coefficient (Wildman–Crippen LogP) is 2.41. The monoisotopic (exact) mass is 336 g/mol. The summed E-state index contributed by atoms with van der Waals surface area (Å²) >= 11 is 3.33. The second-order valence-corrected chi connectivity index (χ2v) is 5.02. The van der Waals surface area contributed by atoms with Crippen molar-refractivity contribution in [2.24, 2.45) is 7.05 Å². The quantitative estimate of drug-likeness (QED) is 0.936. The molecule has 0 fully saturated rings. The van der Waals surface area contributed by atoms with E-state index < -0.39 is 0 Å². The Bertz CT molecular complexity index is 710. The summed E-state index contributed by atoms with van der Waals surface area (Å²) in [6.07, 6.45) is 1.57. The van der Waals surface area contributed by atoms with E-state index in [-0.39, 0.29) is 11.5 Å². The average molecular weight is 337 g/mol. The maximum Gasteiger partial charge on any atom is 0.255 e. The van der Waals surface area contributed by atoms with Gasteiger partial charge in [-0.3, -0.25) is 9.59 Å². The van der Waals surface area contributed by atoms with Gasteiger partial charge >= 0.3 is 0 Å². The Morgan fingerprint density at radius 2 is 2.05 bits per heavy atom. The topological polar surface area (TPSA) is 60.3 Å². The Morgan fingerprint density at radius 1 is 1.30 bits per heavy atom. The molecule has 0 saturated carbocycles. The van der Waals surface area contributed by atoms with Gasteiger partial charge in [0, 0.05) is 24.9 Å². The van der Waals surface area contributed by atoms with Crippen LogP contribution in [0, 0.1) is 0 Å². The molecule has 0 aliphatic heterocycles. The number of hydrogen-bond donors (Lipinski definition) is 1. The third-order valence-electron chi connectivity index (χ3n) is 2.76. The van der Waals surface area contributed by atoms with Crippen LogP contribution in [-0.4, -0.2) is 17.6 Å². The number of rotatable bonds is 3. The molecule has 0 atom stereocenters. The lowest BCUT2D eigenvalue weighted by molar-refractivity contribution is 0.102. The van der Waals surface area contributed by atoms with E-state index in [1.54, 1.807) is 44.6 Å². The van der Waals surface area contributed by atoms with Crippen LogP contribution in [0.15, 0.2) is 45.8 Å². The first kappa shape index (κ1) is 14.3. The minimum Gasteiger partial charge on any atom is -0.496 e. The number of pyridine rings is 1. The molecule has 1 heterocycles. The van der Waals surface area contributed by atoms with Gasteiger partial charge in [0.15, 0.2) is 0 Å². The van der Waals surface area contributed by atoms with Crippen LogP contribution in [0.4, 0.5) is 5.69 Å². The van der Waals surface area contributed by atoms with Crippen molar-refractivity contribution < 1.29 is 9.53 Å². The number of nitrogens with zero attached hydrogens (tertiary/aromatic N) is 1. The fourth-order valence-corrected chi connectivity index (χ4v) is 2.22. The van der Waals surface area contributed by atoms with E-state index in [1.165, 1.54) is 10.6 Å². The SMILES string of the molecule is COc1ccc(C(=O)Nc2ccc(=O)n(C)c2)cc1Br. The van der Waals surface area contributed by atoms with Crippen molar-refractivity contribution in [2.45, 2.75) is 0 Å². The van der Waals surface area contributed by atoms with Crippen LogP contribution in [0.2, 0.25) is 0 Å². The lowest BCUT2D eigenvalue weighted by Gasteiger charge is -2.08. The molecule has 1 amide bonds. The Hall–Kier alpha value is -2.08. The van der Waals surface area contributed by atoms with Gasteiger partial charge in [0.2, 0.25) is 5.56 Å². The van der Waals surface area contributed by atoms with Crippen LogP contribution in [-0.2, 0) is 7.05 Å². The number of nitrogens with one attached hydrogen (secondary N) is 1. The van der Waals surface area contributed by atoms with Gasteiger partial charge in [0.1, 0.15) is 5.75 Å². The number of ether oxygens (including phenoxy) is 1. The number of aryl methyl sites for hydroxylation is 1. The first-order valence-electron chi connectivity index (χ1n) is 5.83. The van der Waals surface area contributed by atoms with Crippen molar-refractivity contribution in [1.29, 1.82) is 0 Å². The van der Waals surface area contributed by atoms with Gasteiger partial charge < -0.3 is 14.6 Å². The molecule has 0 radical (unpaired) electrons. The van der Waals surface area contributed by atoms with Crippen molar-refractivity contribution in [3.63, 3.8) is 0 Å². The summed E-state index contributed by atoms with van der Waals surface area (Å²) in [6.45, 7) is 0. The first-order chi connectivity index (χ1) is 9.51. The first-order valence-corrected chi connectivity index (χ1v) is 6.62. The molecule has 2 aromatic rings. The van der Waals surface area contributed by atoms with Crippen LogP contribution >= 0.6 is 15.9 Å². The number of halogens is 1. The second-order valence-electron chi connectivity index (χ2n) is 4.17. The lowest BCUT2D eigenvalue weighted by Crippen LogP contribution is -2.18. The number of carbonyl (C=O) groups is 1. The summed E-state index contributed by atoms with van der Waals surface area (Å²) in [5.74, 6) is 0.399. The van der Waals surface area contributed by atoms with Crippen molar-refractivity contribution in [3.05, 3.63) is 56.9 Å². The standard InChI is InChI=1S/C14H13BrN2O3/c1-17-8-10(4-6-13(17)18)16-14(19)9-3-5-12(20-2)11(15)7-9/h3-8H,1-2H3,(H,16,19). The highest BCUT2D eigenvalue weighted by atomic mass is 79.9. The van der Waals surface area contributed by atoms with E-state index in [0.717, 1.165) is 0 Å². The van der Waals surface area contributed by atoms with Crippen LogP contribution in [0.5, 0.6) is 5.75 Å². The number of aromatic nitrogens is 1. The third kappa shape index (κ3) is 3.08. The van der Waals surface area contributed by atoms with Crippen molar-refractivity contribution >= 4 is 27.5 Å². The van der Waals surface area contributed by atoms with Crippen LogP contribution in [0.3, 0.4) is 0 Å². The third-order valence-corrected chi connectivity index (χ3v) is 3.38. The highest BCUT2D eigenvalue weighted by Gasteiger charge is 2.09. The van der Waals surface area contributed by atoms with E-state index in [9.17, 15) is 9.59 Å². The molecular weight excluding hydrogens is 324 g/mol. The van der Waals surface area contributed by atoms with Gasteiger partial charge in [0.05, 0.1) is 17.3 Å². The number of anilines is 1. The summed E-state index contributed by atoms with van der Waals surface area (Å²) in [6, 6.07) is 8.02. The highest BCUT2D eigenvalue weighted by molar-refractivity contribution is 9.10. The van der Waals surface area contributed by atoms with Crippen molar-refractivity contribution in [3.8, 4) is 5.75 Å². The van der Waals surface area contributed by atoms with Gasteiger partial charge in [-0.1, -0.05) is 0 Å². The maximum atomic E-state index is 12.1. The van der Waals surface area contributed by atoms with Gasteiger partial charge in [0.25, 0.3) is 5.91 Å². The highest BCUT2D eigenvalue weighted by Crippen LogP contribution is 2.25. The molecule has 1 aromatic carbocycles. The summed E-state index contributed by atoms with van der Waals surface area (Å²) < 4.78 is 7.21. The van der Waals surface area contributed by atoms with E-state index in [1.807, 2.05) is 0 Å². The van der Waals surface area contributed by atoms with Gasteiger partial charge in [-0.2, -0.15) is 0 Å². The Kier molecular flexibility index (Phi) is 4.24. The average Bonchev–Trinajstić information content (AvgIpc) is 2.42. The Morgan fingerprint density at radius 3 is 2.65 bits per heavy atom. The molecule has 1 N–H and O–H groups in total. The largest absolute Gasteiger partial charge is 0.496 e. The zero-order chi connectivity index (χ0) is 14.7. The minimum atomic E-state index is -0.257. The molecule has 5 nitrogen and oxygen atoms in total. The molecule has 0 spiro atoms. The molecule has 0 saturated heterocycles. The zero-order valence-electron chi connectivity index (χ0n) is 11.0. The minimum absolute atomic E-state index is 0.129. The van der Waals surface area contributed by atoms with Gasteiger partial charge in [-0.05, 0) is 40.2 Å². The summed E-state index contributed by atoms with van der Waals surface area (Å²) in [5.41, 5.74) is 0.922.